The van der Waals surface area contributed by atoms with E-state index in [-0.39, 0.29) is 5.41 Å². The highest BCUT2D eigenvalue weighted by molar-refractivity contribution is 5.84. The maximum atomic E-state index is 10.8. The molecule has 0 rings (SSSR count). The highest BCUT2D eigenvalue weighted by Gasteiger charge is 2.16. The third kappa shape index (κ3) is 5.67. The van der Waals surface area contributed by atoms with Crippen LogP contribution in [0, 0.1) is 5.41 Å². The second-order valence-corrected chi connectivity index (χ2v) is 4.04. The fourth-order valence-electron chi connectivity index (χ4n) is 0.874. The Bertz CT molecular complexity index is 305. The Balaban J connectivity index is 4.92. The SMILES string of the molecule is COC(=O)/C=C/C(=C\C(=O)O)C(C)(C)C. The number of ether oxygens (including phenoxy) is 1. The molecule has 4 heteroatoms. The van der Waals surface area contributed by atoms with Gasteiger partial charge in [0.25, 0.3) is 0 Å². The fourth-order valence-corrected chi connectivity index (χ4v) is 0.874. The molecule has 0 saturated heterocycles. The van der Waals surface area contributed by atoms with E-state index in [1.807, 2.05) is 20.8 Å². The summed E-state index contributed by atoms with van der Waals surface area (Å²) in [5.41, 5.74) is 0.225. The highest BCUT2D eigenvalue weighted by Crippen LogP contribution is 2.25. The standard InChI is InChI=1S/C11H16O4/c1-11(2,3)8(7-9(12)13)5-6-10(14)15-4/h5-7H,1-4H3,(H,12,13)/b6-5+,8-7+. The van der Waals surface area contributed by atoms with Crippen LogP contribution in [0.25, 0.3) is 0 Å². The number of hydrogen-bond acceptors (Lipinski definition) is 3. The summed E-state index contributed by atoms with van der Waals surface area (Å²) in [4.78, 5) is 21.4. The van der Waals surface area contributed by atoms with E-state index in [9.17, 15) is 9.59 Å². The molecule has 0 aromatic heterocycles. The zero-order valence-corrected chi connectivity index (χ0v) is 9.40. The molecule has 0 unspecified atom stereocenters. The number of rotatable bonds is 3. The van der Waals surface area contributed by atoms with Gasteiger partial charge in [0.15, 0.2) is 0 Å². The summed E-state index contributed by atoms with van der Waals surface area (Å²) in [6, 6.07) is 0. The Morgan fingerprint density at radius 3 is 2.07 bits per heavy atom. The minimum atomic E-state index is -1.03. The van der Waals surface area contributed by atoms with E-state index in [0.717, 1.165) is 6.08 Å². The first kappa shape index (κ1) is 13.4. The Morgan fingerprint density at radius 2 is 1.73 bits per heavy atom. The number of aliphatic carboxylic acids is 1. The van der Waals surface area contributed by atoms with Crippen LogP contribution >= 0.6 is 0 Å². The molecule has 0 aliphatic heterocycles. The molecule has 0 aliphatic rings. The summed E-state index contributed by atoms with van der Waals surface area (Å²) in [5, 5.41) is 8.64. The van der Waals surface area contributed by atoms with Crippen LogP contribution in [0.1, 0.15) is 20.8 Å². The second kappa shape index (κ2) is 5.34. The average molecular weight is 212 g/mol. The molecule has 0 heterocycles. The Hall–Kier alpha value is -1.58. The van der Waals surface area contributed by atoms with E-state index >= 15 is 0 Å². The predicted molar refractivity (Wildman–Crippen MR) is 56.3 cm³/mol. The molecule has 15 heavy (non-hydrogen) atoms. The van der Waals surface area contributed by atoms with E-state index in [2.05, 4.69) is 4.74 Å². The summed E-state index contributed by atoms with van der Waals surface area (Å²) in [7, 11) is 1.27. The predicted octanol–water partition coefficient (Wildman–Crippen LogP) is 1.77. The Labute approximate surface area is 89.2 Å². The number of hydrogen-bond donors (Lipinski definition) is 1. The molecule has 0 atom stereocenters. The molecule has 1 N–H and O–H groups in total. The van der Waals surface area contributed by atoms with Gasteiger partial charge < -0.3 is 9.84 Å². The number of allylic oxidation sites excluding steroid dienone is 2. The molecule has 0 aromatic carbocycles. The summed E-state index contributed by atoms with van der Waals surface area (Å²) < 4.78 is 4.42. The number of carbonyl (C=O) groups excluding carboxylic acids is 1. The monoisotopic (exact) mass is 212 g/mol. The lowest BCUT2D eigenvalue weighted by atomic mass is 9.86. The molecule has 0 saturated carbocycles. The van der Waals surface area contributed by atoms with Crippen molar-refractivity contribution in [1.82, 2.24) is 0 Å². The third-order valence-corrected chi connectivity index (χ3v) is 1.75. The molecule has 0 aromatic rings. The van der Waals surface area contributed by atoms with Gasteiger partial charge in [0.1, 0.15) is 0 Å². The van der Waals surface area contributed by atoms with Gasteiger partial charge in [-0.3, -0.25) is 0 Å². The van der Waals surface area contributed by atoms with Gasteiger partial charge in [-0.2, -0.15) is 0 Å². The van der Waals surface area contributed by atoms with Gasteiger partial charge in [-0.25, -0.2) is 9.59 Å². The van der Waals surface area contributed by atoms with Crippen molar-refractivity contribution in [2.75, 3.05) is 7.11 Å². The van der Waals surface area contributed by atoms with Gasteiger partial charge in [-0.05, 0) is 11.0 Å². The molecular weight excluding hydrogens is 196 g/mol. The number of carboxylic acids is 1. The first-order valence-corrected chi connectivity index (χ1v) is 4.48. The van der Waals surface area contributed by atoms with Gasteiger partial charge in [-0.1, -0.05) is 26.8 Å². The van der Waals surface area contributed by atoms with E-state index in [1.165, 1.54) is 19.3 Å². The smallest absolute Gasteiger partial charge is 0.330 e. The van der Waals surface area contributed by atoms with Crippen LogP contribution in [-0.4, -0.2) is 24.2 Å². The van der Waals surface area contributed by atoms with Crippen molar-refractivity contribution < 1.29 is 19.4 Å². The maximum absolute atomic E-state index is 10.8. The molecule has 0 fully saturated rings. The van der Waals surface area contributed by atoms with Crippen LogP contribution in [0.4, 0.5) is 0 Å². The van der Waals surface area contributed by atoms with Gasteiger partial charge >= 0.3 is 11.9 Å². The number of methoxy groups -OCH3 is 1. The van der Waals surface area contributed by atoms with E-state index < -0.39 is 11.9 Å². The van der Waals surface area contributed by atoms with Crippen LogP contribution < -0.4 is 0 Å². The largest absolute Gasteiger partial charge is 0.478 e. The normalized spacial score (nSPS) is 12.9. The summed E-state index contributed by atoms with van der Waals surface area (Å²) in [6.45, 7) is 5.59. The molecule has 0 radical (unpaired) electrons. The minimum absolute atomic E-state index is 0.330. The van der Waals surface area contributed by atoms with Gasteiger partial charge in [0, 0.05) is 12.2 Å². The number of carboxylic acid groups (broad SMARTS) is 1. The molecule has 0 bridgehead atoms. The maximum Gasteiger partial charge on any atom is 0.330 e. The van der Waals surface area contributed by atoms with Crippen molar-refractivity contribution in [3.8, 4) is 0 Å². The summed E-state index contributed by atoms with van der Waals surface area (Å²) in [5.74, 6) is -1.54. The fraction of sp³-hybridized carbons (Fsp3) is 0.455. The molecular formula is C11H16O4. The number of carbonyl (C=O) groups is 2. The van der Waals surface area contributed by atoms with Crippen molar-refractivity contribution in [2.45, 2.75) is 20.8 Å². The van der Waals surface area contributed by atoms with E-state index in [0.29, 0.717) is 5.57 Å². The van der Waals surface area contributed by atoms with Gasteiger partial charge in [0.2, 0.25) is 0 Å². The summed E-state index contributed by atoms with van der Waals surface area (Å²) in [6.07, 6.45) is 3.75. The topological polar surface area (TPSA) is 63.6 Å². The molecule has 0 aliphatic carbocycles. The van der Waals surface area contributed by atoms with Crippen molar-refractivity contribution in [1.29, 1.82) is 0 Å². The van der Waals surface area contributed by atoms with E-state index in [4.69, 9.17) is 5.11 Å². The first-order chi connectivity index (χ1) is 6.77. The van der Waals surface area contributed by atoms with Crippen LogP contribution in [0.5, 0.6) is 0 Å². The van der Waals surface area contributed by atoms with Gasteiger partial charge in [-0.15, -0.1) is 0 Å². The van der Waals surface area contributed by atoms with Gasteiger partial charge in [0.05, 0.1) is 7.11 Å². The molecule has 4 nitrogen and oxygen atoms in total. The molecule has 84 valence electrons. The van der Waals surface area contributed by atoms with Crippen molar-refractivity contribution in [3.63, 3.8) is 0 Å². The Morgan fingerprint density at radius 1 is 1.20 bits per heavy atom. The average Bonchev–Trinajstić information content (AvgIpc) is 2.09. The molecule has 0 amide bonds. The third-order valence-electron chi connectivity index (χ3n) is 1.75. The lowest BCUT2D eigenvalue weighted by Gasteiger charge is -2.19. The highest BCUT2D eigenvalue weighted by atomic mass is 16.5. The second-order valence-electron chi connectivity index (χ2n) is 4.04. The van der Waals surface area contributed by atoms with Crippen LogP contribution in [-0.2, 0) is 14.3 Å². The zero-order chi connectivity index (χ0) is 12.1. The lowest BCUT2D eigenvalue weighted by molar-refractivity contribution is -0.135. The van der Waals surface area contributed by atoms with Crippen LogP contribution in [0.2, 0.25) is 0 Å². The zero-order valence-electron chi connectivity index (χ0n) is 9.40. The first-order valence-electron chi connectivity index (χ1n) is 4.48. The van der Waals surface area contributed by atoms with Crippen molar-refractivity contribution in [3.05, 3.63) is 23.8 Å². The van der Waals surface area contributed by atoms with Crippen LogP contribution in [0.3, 0.4) is 0 Å². The Kier molecular flexibility index (Phi) is 4.78. The minimum Gasteiger partial charge on any atom is -0.478 e. The van der Waals surface area contributed by atoms with E-state index in [1.54, 1.807) is 0 Å². The number of esters is 1. The lowest BCUT2D eigenvalue weighted by Crippen LogP contribution is -2.10. The van der Waals surface area contributed by atoms with Crippen molar-refractivity contribution >= 4 is 11.9 Å². The quantitative estimate of drug-likeness (QED) is 0.440. The van der Waals surface area contributed by atoms with Crippen molar-refractivity contribution in [2.24, 2.45) is 5.41 Å². The summed E-state index contributed by atoms with van der Waals surface area (Å²) >= 11 is 0. The molecule has 0 spiro atoms. The van der Waals surface area contributed by atoms with Crippen LogP contribution in [0.15, 0.2) is 23.8 Å².